The summed E-state index contributed by atoms with van der Waals surface area (Å²) in [4.78, 5) is 10.9. The standard InChI is InChI=1S/C11H13NO3/c12-9(10(14)15)11(5-6-11)7-1-3-8(13)4-2-7/h1-4,9,13H,5-6,12H2,(H,14,15). The maximum atomic E-state index is 10.9. The highest BCUT2D eigenvalue weighted by atomic mass is 16.4. The van der Waals surface area contributed by atoms with Gasteiger partial charge in [0.2, 0.25) is 0 Å². The Labute approximate surface area is 87.3 Å². The molecule has 0 spiro atoms. The predicted octanol–water partition coefficient (Wildman–Crippen LogP) is 0.836. The number of aliphatic carboxylic acids is 1. The fraction of sp³-hybridized carbons (Fsp3) is 0.364. The van der Waals surface area contributed by atoms with E-state index in [1.165, 1.54) is 0 Å². The molecule has 1 aliphatic carbocycles. The highest BCUT2D eigenvalue weighted by Gasteiger charge is 2.52. The van der Waals surface area contributed by atoms with Gasteiger partial charge in [-0.25, -0.2) is 0 Å². The zero-order chi connectivity index (χ0) is 11.1. The normalized spacial score (nSPS) is 19.5. The summed E-state index contributed by atoms with van der Waals surface area (Å²) in [6.07, 6.45) is 1.59. The van der Waals surface area contributed by atoms with Crippen LogP contribution < -0.4 is 5.73 Å². The molecule has 1 saturated carbocycles. The first-order chi connectivity index (χ1) is 7.06. The topological polar surface area (TPSA) is 83.6 Å². The molecule has 80 valence electrons. The lowest BCUT2D eigenvalue weighted by atomic mass is 9.88. The second kappa shape index (κ2) is 3.24. The number of rotatable bonds is 3. The van der Waals surface area contributed by atoms with Crippen molar-refractivity contribution in [1.29, 1.82) is 0 Å². The van der Waals surface area contributed by atoms with Crippen LogP contribution in [0.5, 0.6) is 5.75 Å². The van der Waals surface area contributed by atoms with Crippen molar-refractivity contribution in [2.24, 2.45) is 5.73 Å². The first-order valence-electron chi connectivity index (χ1n) is 4.84. The summed E-state index contributed by atoms with van der Waals surface area (Å²) in [6.45, 7) is 0. The van der Waals surface area contributed by atoms with E-state index in [0.717, 1.165) is 18.4 Å². The Morgan fingerprint density at radius 2 is 1.87 bits per heavy atom. The molecule has 1 fully saturated rings. The summed E-state index contributed by atoms with van der Waals surface area (Å²) in [5, 5.41) is 18.0. The van der Waals surface area contributed by atoms with E-state index in [2.05, 4.69) is 0 Å². The summed E-state index contributed by atoms with van der Waals surface area (Å²) in [7, 11) is 0. The van der Waals surface area contributed by atoms with Crippen molar-refractivity contribution in [2.45, 2.75) is 24.3 Å². The number of benzene rings is 1. The smallest absolute Gasteiger partial charge is 0.321 e. The lowest BCUT2D eigenvalue weighted by Gasteiger charge is -2.20. The summed E-state index contributed by atoms with van der Waals surface area (Å²) >= 11 is 0. The van der Waals surface area contributed by atoms with Crippen molar-refractivity contribution in [3.63, 3.8) is 0 Å². The Balaban J connectivity index is 2.30. The number of phenolic OH excluding ortho intramolecular Hbond substituents is 1. The van der Waals surface area contributed by atoms with E-state index >= 15 is 0 Å². The van der Waals surface area contributed by atoms with Gasteiger partial charge in [-0.2, -0.15) is 0 Å². The van der Waals surface area contributed by atoms with E-state index in [-0.39, 0.29) is 5.75 Å². The minimum Gasteiger partial charge on any atom is -0.508 e. The van der Waals surface area contributed by atoms with Crippen molar-refractivity contribution >= 4 is 5.97 Å². The van der Waals surface area contributed by atoms with Crippen molar-refractivity contribution in [2.75, 3.05) is 0 Å². The SMILES string of the molecule is NC(C(=O)O)C1(c2ccc(O)cc2)CC1. The zero-order valence-corrected chi connectivity index (χ0v) is 8.18. The van der Waals surface area contributed by atoms with Gasteiger partial charge in [0.25, 0.3) is 0 Å². The quantitative estimate of drug-likeness (QED) is 0.685. The van der Waals surface area contributed by atoms with Crippen molar-refractivity contribution in [3.8, 4) is 5.75 Å². The maximum Gasteiger partial charge on any atom is 0.321 e. The van der Waals surface area contributed by atoms with E-state index in [9.17, 15) is 4.79 Å². The minimum atomic E-state index is -0.972. The van der Waals surface area contributed by atoms with Crippen molar-refractivity contribution in [3.05, 3.63) is 29.8 Å². The van der Waals surface area contributed by atoms with Crippen LogP contribution in [0, 0.1) is 0 Å². The van der Waals surface area contributed by atoms with E-state index in [0.29, 0.717) is 0 Å². The second-order valence-electron chi connectivity index (χ2n) is 4.02. The average Bonchev–Trinajstić information content (AvgIpc) is 2.99. The van der Waals surface area contributed by atoms with Gasteiger partial charge in [-0.05, 0) is 30.5 Å². The monoisotopic (exact) mass is 207 g/mol. The molecule has 4 N–H and O–H groups in total. The van der Waals surface area contributed by atoms with E-state index in [1.807, 2.05) is 0 Å². The zero-order valence-electron chi connectivity index (χ0n) is 8.18. The molecule has 2 rings (SSSR count). The van der Waals surface area contributed by atoms with Crippen molar-refractivity contribution < 1.29 is 15.0 Å². The first kappa shape index (κ1) is 9.98. The average molecular weight is 207 g/mol. The summed E-state index contributed by atoms with van der Waals surface area (Å²) < 4.78 is 0. The number of phenols is 1. The Morgan fingerprint density at radius 3 is 2.27 bits per heavy atom. The molecule has 0 radical (unpaired) electrons. The van der Waals surface area contributed by atoms with Gasteiger partial charge in [0.1, 0.15) is 11.8 Å². The largest absolute Gasteiger partial charge is 0.508 e. The summed E-state index contributed by atoms with van der Waals surface area (Å²) in [5.41, 5.74) is 6.15. The number of carbonyl (C=O) groups is 1. The van der Waals surface area contributed by atoms with E-state index < -0.39 is 17.4 Å². The van der Waals surface area contributed by atoms with Crippen LogP contribution in [0.3, 0.4) is 0 Å². The predicted molar refractivity (Wildman–Crippen MR) is 54.6 cm³/mol. The summed E-state index contributed by atoms with van der Waals surface area (Å²) in [5.74, 6) is -0.793. The van der Waals surface area contributed by atoms with Gasteiger partial charge in [0.15, 0.2) is 0 Å². The molecule has 0 aliphatic heterocycles. The number of carboxylic acid groups (broad SMARTS) is 1. The number of nitrogens with two attached hydrogens (primary N) is 1. The van der Waals surface area contributed by atoms with E-state index in [1.54, 1.807) is 24.3 Å². The molecule has 0 saturated heterocycles. The molecule has 1 aromatic carbocycles. The highest BCUT2D eigenvalue weighted by molar-refractivity contribution is 5.77. The van der Waals surface area contributed by atoms with Gasteiger partial charge < -0.3 is 15.9 Å². The van der Waals surface area contributed by atoms with Gasteiger partial charge in [-0.1, -0.05) is 12.1 Å². The lowest BCUT2D eigenvalue weighted by molar-refractivity contribution is -0.139. The highest BCUT2D eigenvalue weighted by Crippen LogP contribution is 2.50. The fourth-order valence-electron chi connectivity index (χ4n) is 1.94. The van der Waals surface area contributed by atoms with Crippen LogP contribution in [0.15, 0.2) is 24.3 Å². The van der Waals surface area contributed by atoms with E-state index in [4.69, 9.17) is 15.9 Å². The molecule has 1 aromatic rings. The van der Waals surface area contributed by atoms with Crippen LogP contribution in [0.1, 0.15) is 18.4 Å². The van der Waals surface area contributed by atoms with Crippen LogP contribution in [-0.4, -0.2) is 22.2 Å². The van der Waals surface area contributed by atoms with Crippen LogP contribution in [0.2, 0.25) is 0 Å². The van der Waals surface area contributed by atoms with Crippen LogP contribution in [-0.2, 0) is 10.2 Å². The Morgan fingerprint density at radius 1 is 1.33 bits per heavy atom. The minimum absolute atomic E-state index is 0.179. The Bertz CT molecular complexity index is 381. The molecule has 15 heavy (non-hydrogen) atoms. The number of hydrogen-bond acceptors (Lipinski definition) is 3. The van der Waals surface area contributed by atoms with Gasteiger partial charge in [0, 0.05) is 5.41 Å². The number of hydrogen-bond donors (Lipinski definition) is 3. The molecule has 0 aromatic heterocycles. The molecule has 1 aliphatic rings. The molecular formula is C11H13NO3. The molecule has 1 unspecified atom stereocenters. The molecule has 0 heterocycles. The van der Waals surface area contributed by atoms with Gasteiger partial charge in [-0.15, -0.1) is 0 Å². The molecule has 4 nitrogen and oxygen atoms in total. The molecule has 4 heteroatoms. The maximum absolute atomic E-state index is 10.9. The third-order valence-electron chi connectivity index (χ3n) is 3.09. The van der Waals surface area contributed by atoms with Gasteiger partial charge in [-0.3, -0.25) is 4.79 Å². The molecule has 0 bridgehead atoms. The van der Waals surface area contributed by atoms with Crippen LogP contribution in [0.25, 0.3) is 0 Å². The van der Waals surface area contributed by atoms with Crippen LogP contribution in [0.4, 0.5) is 0 Å². The number of aromatic hydroxyl groups is 1. The van der Waals surface area contributed by atoms with Crippen LogP contribution >= 0.6 is 0 Å². The molecular weight excluding hydrogens is 194 g/mol. The van der Waals surface area contributed by atoms with Gasteiger partial charge >= 0.3 is 5.97 Å². The molecule has 1 atom stereocenters. The fourth-order valence-corrected chi connectivity index (χ4v) is 1.94. The second-order valence-corrected chi connectivity index (χ2v) is 4.02. The third-order valence-corrected chi connectivity index (χ3v) is 3.09. The van der Waals surface area contributed by atoms with Crippen molar-refractivity contribution in [1.82, 2.24) is 0 Å². The summed E-state index contributed by atoms with van der Waals surface area (Å²) in [6, 6.07) is 5.74. The Kier molecular flexibility index (Phi) is 2.16. The third kappa shape index (κ3) is 1.57. The molecule has 0 amide bonds. The lowest BCUT2D eigenvalue weighted by Crippen LogP contribution is -2.41. The number of carboxylic acids is 1. The van der Waals surface area contributed by atoms with Gasteiger partial charge in [0.05, 0.1) is 0 Å². The first-order valence-corrected chi connectivity index (χ1v) is 4.84. The Hall–Kier alpha value is -1.55.